The second kappa shape index (κ2) is 4.45. The molecule has 0 atom stereocenters. The molecule has 0 saturated heterocycles. The first-order valence-corrected chi connectivity index (χ1v) is 5.56. The summed E-state index contributed by atoms with van der Waals surface area (Å²) in [5.41, 5.74) is 2.57. The normalized spacial score (nSPS) is 13.5. The van der Waals surface area contributed by atoms with E-state index >= 15 is 0 Å². The lowest BCUT2D eigenvalue weighted by molar-refractivity contribution is -0.117. The SMILES string of the molecule is CCNC(=O)Nc1ccc2c(c1)CC(=O)N2C. The van der Waals surface area contributed by atoms with E-state index in [0.29, 0.717) is 18.7 Å². The number of fused-ring (bicyclic) bond motifs is 1. The molecule has 2 N–H and O–H groups in total. The van der Waals surface area contributed by atoms with Crippen LogP contribution < -0.4 is 15.5 Å². The van der Waals surface area contributed by atoms with E-state index in [0.717, 1.165) is 11.3 Å². The lowest BCUT2D eigenvalue weighted by Crippen LogP contribution is -2.28. The smallest absolute Gasteiger partial charge is 0.319 e. The van der Waals surface area contributed by atoms with Gasteiger partial charge in [-0.15, -0.1) is 0 Å². The van der Waals surface area contributed by atoms with Gasteiger partial charge in [0, 0.05) is 25.0 Å². The molecule has 5 nitrogen and oxygen atoms in total. The molecule has 0 aromatic heterocycles. The molecule has 0 unspecified atom stereocenters. The van der Waals surface area contributed by atoms with Crippen LogP contribution in [-0.2, 0) is 11.2 Å². The Balaban J connectivity index is 2.16. The number of hydrogen-bond acceptors (Lipinski definition) is 2. The van der Waals surface area contributed by atoms with Crippen LogP contribution in [-0.4, -0.2) is 25.5 Å². The van der Waals surface area contributed by atoms with Gasteiger partial charge in [0.25, 0.3) is 0 Å². The van der Waals surface area contributed by atoms with Crippen molar-refractivity contribution in [3.05, 3.63) is 23.8 Å². The maximum absolute atomic E-state index is 11.5. The molecule has 0 radical (unpaired) electrons. The fraction of sp³-hybridized carbons (Fsp3) is 0.333. The third-order valence-corrected chi connectivity index (χ3v) is 2.75. The number of rotatable bonds is 2. The zero-order chi connectivity index (χ0) is 12.4. The third kappa shape index (κ3) is 2.22. The zero-order valence-corrected chi connectivity index (χ0v) is 9.91. The number of carbonyl (C=O) groups excluding carboxylic acids is 2. The van der Waals surface area contributed by atoms with E-state index in [1.807, 2.05) is 19.1 Å². The molecule has 3 amide bonds. The van der Waals surface area contributed by atoms with Crippen molar-refractivity contribution in [3.8, 4) is 0 Å². The van der Waals surface area contributed by atoms with Crippen LogP contribution in [0.15, 0.2) is 18.2 Å². The highest BCUT2D eigenvalue weighted by Crippen LogP contribution is 2.29. The molecule has 1 heterocycles. The highest BCUT2D eigenvalue weighted by Gasteiger charge is 2.23. The Morgan fingerprint density at radius 1 is 1.47 bits per heavy atom. The predicted molar refractivity (Wildman–Crippen MR) is 66.3 cm³/mol. The van der Waals surface area contributed by atoms with Gasteiger partial charge in [-0.1, -0.05) is 0 Å². The van der Waals surface area contributed by atoms with Crippen molar-refractivity contribution in [1.29, 1.82) is 0 Å². The summed E-state index contributed by atoms with van der Waals surface area (Å²) >= 11 is 0. The molecule has 1 aromatic carbocycles. The monoisotopic (exact) mass is 233 g/mol. The van der Waals surface area contributed by atoms with Gasteiger partial charge in [0.15, 0.2) is 0 Å². The van der Waals surface area contributed by atoms with Gasteiger partial charge in [0.1, 0.15) is 0 Å². The van der Waals surface area contributed by atoms with E-state index in [1.165, 1.54) is 0 Å². The molecule has 1 aliphatic rings. The van der Waals surface area contributed by atoms with E-state index in [9.17, 15) is 9.59 Å². The van der Waals surface area contributed by atoms with Gasteiger partial charge in [-0.25, -0.2) is 4.79 Å². The number of amides is 3. The van der Waals surface area contributed by atoms with Gasteiger partial charge in [-0.05, 0) is 30.7 Å². The van der Waals surface area contributed by atoms with Crippen LogP contribution in [0.5, 0.6) is 0 Å². The van der Waals surface area contributed by atoms with Crippen LogP contribution in [0, 0.1) is 0 Å². The molecule has 0 fully saturated rings. The minimum Gasteiger partial charge on any atom is -0.338 e. The molecule has 17 heavy (non-hydrogen) atoms. The van der Waals surface area contributed by atoms with Gasteiger partial charge < -0.3 is 15.5 Å². The summed E-state index contributed by atoms with van der Waals surface area (Å²) < 4.78 is 0. The Morgan fingerprint density at radius 2 is 2.24 bits per heavy atom. The molecule has 0 bridgehead atoms. The van der Waals surface area contributed by atoms with E-state index < -0.39 is 0 Å². The number of nitrogens with zero attached hydrogens (tertiary/aromatic N) is 1. The number of carbonyl (C=O) groups is 2. The lowest BCUT2D eigenvalue weighted by Gasteiger charge is -2.11. The van der Waals surface area contributed by atoms with Crippen molar-refractivity contribution >= 4 is 23.3 Å². The van der Waals surface area contributed by atoms with Crippen molar-refractivity contribution in [3.63, 3.8) is 0 Å². The molecular weight excluding hydrogens is 218 g/mol. The summed E-state index contributed by atoms with van der Waals surface area (Å²) in [7, 11) is 1.76. The minimum atomic E-state index is -0.231. The Labute approximate surface area is 99.8 Å². The summed E-state index contributed by atoms with van der Waals surface area (Å²) in [6.07, 6.45) is 0.400. The van der Waals surface area contributed by atoms with Gasteiger partial charge in [0.2, 0.25) is 5.91 Å². The molecule has 0 spiro atoms. The molecule has 0 aliphatic carbocycles. The van der Waals surface area contributed by atoms with Crippen LogP contribution >= 0.6 is 0 Å². The predicted octanol–water partition coefficient (Wildman–Crippen LogP) is 1.35. The Kier molecular flexibility index (Phi) is 2.99. The lowest BCUT2D eigenvalue weighted by atomic mass is 10.1. The Hall–Kier alpha value is -2.04. The summed E-state index contributed by atoms with van der Waals surface area (Å²) in [5, 5.41) is 5.37. The average Bonchev–Trinajstić information content (AvgIpc) is 2.55. The van der Waals surface area contributed by atoms with E-state index in [4.69, 9.17) is 0 Å². The fourth-order valence-corrected chi connectivity index (χ4v) is 1.88. The molecule has 0 saturated carbocycles. The van der Waals surface area contributed by atoms with Gasteiger partial charge >= 0.3 is 6.03 Å². The van der Waals surface area contributed by atoms with Crippen LogP contribution in [0.25, 0.3) is 0 Å². The molecule has 1 aromatic rings. The van der Waals surface area contributed by atoms with E-state index in [2.05, 4.69) is 10.6 Å². The zero-order valence-electron chi connectivity index (χ0n) is 9.91. The number of benzene rings is 1. The quantitative estimate of drug-likeness (QED) is 0.810. The van der Waals surface area contributed by atoms with Crippen molar-refractivity contribution in [2.24, 2.45) is 0 Å². The van der Waals surface area contributed by atoms with Gasteiger partial charge in [-0.3, -0.25) is 4.79 Å². The fourth-order valence-electron chi connectivity index (χ4n) is 1.88. The first kappa shape index (κ1) is 11.4. The van der Waals surface area contributed by atoms with Crippen molar-refractivity contribution in [2.75, 3.05) is 23.8 Å². The van der Waals surface area contributed by atoms with Crippen molar-refractivity contribution in [2.45, 2.75) is 13.3 Å². The second-order valence-electron chi connectivity index (χ2n) is 3.96. The molecule has 1 aliphatic heterocycles. The first-order valence-electron chi connectivity index (χ1n) is 5.56. The minimum absolute atomic E-state index is 0.0789. The van der Waals surface area contributed by atoms with Gasteiger partial charge in [-0.2, -0.15) is 0 Å². The average molecular weight is 233 g/mol. The van der Waals surface area contributed by atoms with Crippen LogP contribution in [0.4, 0.5) is 16.2 Å². The Morgan fingerprint density at radius 3 is 2.94 bits per heavy atom. The number of anilines is 2. The molecule has 90 valence electrons. The van der Waals surface area contributed by atoms with Crippen LogP contribution in [0.2, 0.25) is 0 Å². The number of urea groups is 1. The van der Waals surface area contributed by atoms with E-state index in [-0.39, 0.29) is 11.9 Å². The highest BCUT2D eigenvalue weighted by atomic mass is 16.2. The van der Waals surface area contributed by atoms with Crippen LogP contribution in [0.1, 0.15) is 12.5 Å². The standard InChI is InChI=1S/C12H15N3O2/c1-3-13-12(17)14-9-4-5-10-8(6-9)7-11(16)15(10)2/h4-6H,3,7H2,1-2H3,(H2,13,14,17). The molecule has 5 heteroatoms. The molecular formula is C12H15N3O2. The van der Waals surface area contributed by atoms with E-state index in [1.54, 1.807) is 18.0 Å². The maximum atomic E-state index is 11.5. The number of nitrogens with one attached hydrogen (secondary N) is 2. The molecule has 2 rings (SSSR count). The summed E-state index contributed by atoms with van der Waals surface area (Å²) in [4.78, 5) is 24.5. The summed E-state index contributed by atoms with van der Waals surface area (Å²) in [6, 6.07) is 5.25. The number of likely N-dealkylation sites (N-methyl/N-ethyl adjacent to an activating group) is 1. The maximum Gasteiger partial charge on any atom is 0.319 e. The Bertz CT molecular complexity index is 471. The van der Waals surface area contributed by atoms with Crippen LogP contribution in [0.3, 0.4) is 0 Å². The highest BCUT2D eigenvalue weighted by molar-refractivity contribution is 6.01. The third-order valence-electron chi connectivity index (χ3n) is 2.75. The topological polar surface area (TPSA) is 61.4 Å². The summed E-state index contributed by atoms with van der Waals surface area (Å²) in [5.74, 6) is 0.0789. The van der Waals surface area contributed by atoms with Crippen molar-refractivity contribution in [1.82, 2.24) is 5.32 Å². The largest absolute Gasteiger partial charge is 0.338 e. The first-order chi connectivity index (χ1) is 8.11. The van der Waals surface area contributed by atoms with Crippen molar-refractivity contribution < 1.29 is 9.59 Å². The number of hydrogen-bond donors (Lipinski definition) is 2. The second-order valence-corrected chi connectivity index (χ2v) is 3.96. The summed E-state index contributed by atoms with van der Waals surface area (Å²) in [6.45, 7) is 2.44. The van der Waals surface area contributed by atoms with Gasteiger partial charge in [0.05, 0.1) is 6.42 Å².